The van der Waals surface area contributed by atoms with Gasteiger partial charge in [0.25, 0.3) is 0 Å². The minimum atomic E-state index is -4.30. The Morgan fingerprint density at radius 1 is 0.560 bits per heavy atom. The number of phosphoric acid groups is 1. The van der Waals surface area contributed by atoms with Crippen molar-refractivity contribution < 1.29 is 37.6 Å². The van der Waals surface area contributed by atoms with Crippen molar-refractivity contribution in [2.45, 2.75) is 142 Å². The first kappa shape index (κ1) is 47.2. The van der Waals surface area contributed by atoms with E-state index < -0.39 is 32.5 Å². The average Bonchev–Trinajstić information content (AvgIpc) is 3.09. The van der Waals surface area contributed by atoms with Gasteiger partial charge in [-0.3, -0.25) is 18.6 Å². The molecule has 0 heterocycles. The Hall–Kier alpha value is -2.77. The van der Waals surface area contributed by atoms with Gasteiger partial charge in [0.1, 0.15) is 6.61 Å². The van der Waals surface area contributed by atoms with Crippen LogP contribution in [0.2, 0.25) is 0 Å². The molecule has 0 aliphatic carbocycles. The molecule has 0 aromatic rings. The fraction of sp³-hybridized carbons (Fsp3) is 0.610. The van der Waals surface area contributed by atoms with Crippen LogP contribution in [0.3, 0.4) is 0 Å². The standard InChI is InChI=1S/C41H67O8P/c1-4-7-9-11-13-15-17-18-19-20-21-22-23-24-26-28-30-32-34-36-41(43)49-39(38-48-50(44,45)47-6-3)37-46-40(42)35-33-31-29-27-25-16-14-12-10-8-5-2/h7,9,12-15,18-19,21-22,24,26,30,32,39H,4-6,8,10-11,16-17,20,23,25,27-29,31,33-38H2,1-3H3,(H,44,45)/b9-7-,14-12-,15-13-,19-18-,22-21-,26-24-,32-30-. The molecule has 8 nitrogen and oxygen atoms in total. The van der Waals surface area contributed by atoms with Crippen LogP contribution in [-0.4, -0.2) is 42.8 Å². The Bertz CT molecular complexity index is 1090. The number of hydrogen-bond acceptors (Lipinski definition) is 7. The van der Waals surface area contributed by atoms with Gasteiger partial charge in [0.15, 0.2) is 6.10 Å². The topological polar surface area (TPSA) is 108 Å². The summed E-state index contributed by atoms with van der Waals surface area (Å²) in [5.41, 5.74) is 0. The first-order chi connectivity index (χ1) is 24.3. The molecule has 50 heavy (non-hydrogen) atoms. The zero-order chi connectivity index (χ0) is 36.8. The van der Waals surface area contributed by atoms with Crippen molar-refractivity contribution in [3.8, 4) is 0 Å². The maximum Gasteiger partial charge on any atom is 0.472 e. The largest absolute Gasteiger partial charge is 0.472 e. The molecule has 0 saturated heterocycles. The van der Waals surface area contributed by atoms with Crippen LogP contribution in [0.1, 0.15) is 136 Å². The van der Waals surface area contributed by atoms with E-state index in [0.717, 1.165) is 77.0 Å². The summed E-state index contributed by atoms with van der Waals surface area (Å²) >= 11 is 0. The van der Waals surface area contributed by atoms with Gasteiger partial charge in [-0.05, 0) is 77.6 Å². The molecule has 1 N–H and O–H groups in total. The molecule has 0 rings (SSSR count). The highest BCUT2D eigenvalue weighted by molar-refractivity contribution is 7.47. The predicted octanol–water partition coefficient (Wildman–Crippen LogP) is 11.5. The lowest BCUT2D eigenvalue weighted by Gasteiger charge is -2.19. The zero-order valence-electron chi connectivity index (χ0n) is 31.3. The van der Waals surface area contributed by atoms with Crippen LogP contribution in [0.5, 0.6) is 0 Å². The second-order valence-corrected chi connectivity index (χ2v) is 13.3. The molecule has 0 aromatic heterocycles. The molecule has 0 aromatic carbocycles. The number of phosphoric ester groups is 1. The zero-order valence-corrected chi connectivity index (χ0v) is 32.2. The Morgan fingerprint density at radius 3 is 1.62 bits per heavy atom. The molecule has 0 radical (unpaired) electrons. The highest BCUT2D eigenvalue weighted by atomic mass is 31.2. The Labute approximate surface area is 304 Å². The normalized spacial score (nSPS) is 14.4. The van der Waals surface area contributed by atoms with Gasteiger partial charge in [0.2, 0.25) is 0 Å². The van der Waals surface area contributed by atoms with Crippen LogP contribution in [0.25, 0.3) is 0 Å². The van der Waals surface area contributed by atoms with Crippen LogP contribution < -0.4 is 0 Å². The first-order valence-corrected chi connectivity index (χ1v) is 20.4. The van der Waals surface area contributed by atoms with E-state index in [1.165, 1.54) is 12.8 Å². The minimum absolute atomic E-state index is 0.0190. The summed E-state index contributed by atoms with van der Waals surface area (Å²) < 4.78 is 32.4. The Kier molecular flexibility index (Phi) is 34.0. The third kappa shape index (κ3) is 35.1. The number of allylic oxidation sites excluding steroid dienone is 14. The van der Waals surface area contributed by atoms with Crippen LogP contribution in [-0.2, 0) is 32.7 Å². The van der Waals surface area contributed by atoms with E-state index in [2.05, 4.69) is 86.8 Å². The third-order valence-corrected chi connectivity index (χ3v) is 8.26. The number of unbranched alkanes of at least 4 members (excludes halogenated alkanes) is 7. The number of hydrogen-bond donors (Lipinski definition) is 1. The van der Waals surface area contributed by atoms with Crippen molar-refractivity contribution in [1.82, 2.24) is 0 Å². The molecule has 0 fully saturated rings. The SMILES string of the molecule is CC/C=C\C/C=C\C/C=C\C/C=C\C/C=C\C/C=C\CCC(=O)OC(COC(=O)CCCCCCC/C=C\CCCC)COP(=O)(O)OCC. The lowest BCUT2D eigenvalue weighted by molar-refractivity contribution is -0.161. The molecular formula is C41H67O8P. The van der Waals surface area contributed by atoms with Crippen molar-refractivity contribution in [3.63, 3.8) is 0 Å². The molecule has 0 bridgehead atoms. The number of carbonyl (C=O) groups excluding carboxylic acids is 2. The van der Waals surface area contributed by atoms with Gasteiger partial charge >= 0.3 is 19.8 Å². The maximum absolute atomic E-state index is 12.5. The molecule has 0 amide bonds. The summed E-state index contributed by atoms with van der Waals surface area (Å²) in [6.45, 7) is 5.18. The Morgan fingerprint density at radius 2 is 1.06 bits per heavy atom. The van der Waals surface area contributed by atoms with Gasteiger partial charge in [0, 0.05) is 12.8 Å². The van der Waals surface area contributed by atoms with E-state index in [4.69, 9.17) is 18.5 Å². The van der Waals surface area contributed by atoms with Gasteiger partial charge in [-0.2, -0.15) is 0 Å². The van der Waals surface area contributed by atoms with E-state index >= 15 is 0 Å². The van der Waals surface area contributed by atoms with Crippen molar-refractivity contribution in [3.05, 3.63) is 85.1 Å². The maximum atomic E-state index is 12.5. The van der Waals surface area contributed by atoms with E-state index in [0.29, 0.717) is 12.8 Å². The van der Waals surface area contributed by atoms with Gasteiger partial charge in [-0.1, -0.05) is 131 Å². The summed E-state index contributed by atoms with van der Waals surface area (Å²) in [5.74, 6) is -0.918. The molecule has 2 atom stereocenters. The van der Waals surface area contributed by atoms with Gasteiger partial charge in [0.05, 0.1) is 13.2 Å². The van der Waals surface area contributed by atoms with Crippen LogP contribution in [0.4, 0.5) is 0 Å². The smallest absolute Gasteiger partial charge is 0.462 e. The van der Waals surface area contributed by atoms with E-state index in [9.17, 15) is 19.0 Å². The number of rotatable bonds is 33. The third-order valence-electron chi connectivity index (χ3n) is 7.20. The van der Waals surface area contributed by atoms with Crippen molar-refractivity contribution in [2.75, 3.05) is 19.8 Å². The second kappa shape index (κ2) is 36.0. The fourth-order valence-corrected chi connectivity index (χ4v) is 5.21. The fourth-order valence-electron chi connectivity index (χ4n) is 4.46. The van der Waals surface area contributed by atoms with Gasteiger partial charge in [-0.25, -0.2) is 4.57 Å². The monoisotopic (exact) mass is 718 g/mol. The molecule has 0 saturated carbocycles. The highest BCUT2D eigenvalue weighted by Crippen LogP contribution is 2.43. The minimum Gasteiger partial charge on any atom is -0.462 e. The van der Waals surface area contributed by atoms with Crippen molar-refractivity contribution in [1.29, 1.82) is 0 Å². The predicted molar refractivity (Wildman–Crippen MR) is 207 cm³/mol. The van der Waals surface area contributed by atoms with Crippen LogP contribution >= 0.6 is 7.82 Å². The molecule has 2 unspecified atom stereocenters. The summed E-state index contributed by atoms with van der Waals surface area (Å²) in [4.78, 5) is 34.5. The molecular weight excluding hydrogens is 651 g/mol. The average molecular weight is 719 g/mol. The Balaban J connectivity index is 4.33. The summed E-state index contributed by atoms with van der Waals surface area (Å²) in [6, 6.07) is 0. The van der Waals surface area contributed by atoms with Crippen molar-refractivity contribution in [2.24, 2.45) is 0 Å². The van der Waals surface area contributed by atoms with Crippen LogP contribution in [0.15, 0.2) is 85.1 Å². The lowest BCUT2D eigenvalue weighted by atomic mass is 10.1. The summed E-state index contributed by atoms with van der Waals surface area (Å²) in [6.07, 6.45) is 45.1. The quantitative estimate of drug-likeness (QED) is 0.0309. The molecule has 0 aliphatic heterocycles. The lowest BCUT2D eigenvalue weighted by Crippen LogP contribution is -2.29. The second-order valence-electron chi connectivity index (χ2n) is 11.9. The van der Waals surface area contributed by atoms with Crippen LogP contribution in [0, 0.1) is 0 Å². The number of esters is 2. The van der Waals surface area contributed by atoms with Gasteiger partial charge < -0.3 is 14.4 Å². The summed E-state index contributed by atoms with van der Waals surface area (Å²) in [5, 5.41) is 0. The van der Waals surface area contributed by atoms with Gasteiger partial charge in [-0.15, -0.1) is 0 Å². The van der Waals surface area contributed by atoms with E-state index in [1.807, 2.05) is 12.2 Å². The van der Waals surface area contributed by atoms with E-state index in [1.54, 1.807) is 6.92 Å². The molecule has 0 aliphatic rings. The first-order valence-electron chi connectivity index (χ1n) is 18.9. The van der Waals surface area contributed by atoms with E-state index in [-0.39, 0.29) is 26.1 Å². The number of carbonyl (C=O) groups is 2. The summed E-state index contributed by atoms with van der Waals surface area (Å²) in [7, 11) is -4.30. The molecule has 0 spiro atoms. The van der Waals surface area contributed by atoms with Crippen molar-refractivity contribution >= 4 is 19.8 Å². The highest BCUT2D eigenvalue weighted by Gasteiger charge is 2.25. The molecule has 284 valence electrons. The molecule has 9 heteroatoms. The number of ether oxygens (including phenoxy) is 2.